The van der Waals surface area contributed by atoms with E-state index in [1.807, 2.05) is 18.3 Å². The second-order valence-electron chi connectivity index (χ2n) is 5.69. The molecule has 0 unspecified atom stereocenters. The number of hydrogen-bond acceptors (Lipinski definition) is 6. The molecule has 0 amide bonds. The van der Waals surface area contributed by atoms with Crippen molar-refractivity contribution in [1.82, 2.24) is 25.5 Å². The molecule has 0 bridgehead atoms. The van der Waals surface area contributed by atoms with Crippen molar-refractivity contribution in [2.24, 2.45) is 0 Å². The van der Waals surface area contributed by atoms with Gasteiger partial charge in [0.2, 0.25) is 5.95 Å². The van der Waals surface area contributed by atoms with Crippen molar-refractivity contribution < 1.29 is 4.74 Å². The molecule has 0 saturated carbocycles. The van der Waals surface area contributed by atoms with Gasteiger partial charge in [-0.1, -0.05) is 0 Å². The van der Waals surface area contributed by atoms with Gasteiger partial charge in [-0.15, -0.1) is 0 Å². The number of hydrogen-bond donors (Lipinski definition) is 3. The molecule has 1 saturated heterocycles. The van der Waals surface area contributed by atoms with Gasteiger partial charge in [0.25, 0.3) is 0 Å². The lowest BCUT2D eigenvalue weighted by atomic mass is 10.1. The van der Waals surface area contributed by atoms with E-state index in [1.165, 1.54) is 0 Å². The first-order valence-electron chi connectivity index (χ1n) is 7.72. The minimum Gasteiger partial charge on any atom is -0.488 e. The average Bonchev–Trinajstić information content (AvgIpc) is 3.11. The highest BCUT2D eigenvalue weighted by atomic mass is 16.5. The Balaban J connectivity index is 1.79. The Hall–Kier alpha value is -2.67. The zero-order valence-corrected chi connectivity index (χ0v) is 12.6. The molecule has 118 valence electrons. The van der Waals surface area contributed by atoms with Gasteiger partial charge in [-0.3, -0.25) is 5.10 Å². The van der Waals surface area contributed by atoms with Gasteiger partial charge in [-0.25, -0.2) is 9.97 Å². The molecule has 1 fully saturated rings. The van der Waals surface area contributed by atoms with Crippen molar-refractivity contribution in [3.63, 3.8) is 0 Å². The number of H-pyrrole nitrogens is 1. The topological polar surface area (TPSA) is 102 Å². The van der Waals surface area contributed by atoms with Gasteiger partial charge in [-0.05, 0) is 43.6 Å². The number of piperidine rings is 1. The van der Waals surface area contributed by atoms with Crippen LogP contribution in [0.3, 0.4) is 0 Å². The van der Waals surface area contributed by atoms with Crippen LogP contribution in [0, 0.1) is 0 Å². The van der Waals surface area contributed by atoms with Crippen molar-refractivity contribution in [3.8, 4) is 16.9 Å². The molecule has 0 radical (unpaired) electrons. The Bertz CT molecular complexity index is 811. The number of aromatic amines is 1. The third-order valence-corrected chi connectivity index (χ3v) is 4.08. The summed E-state index contributed by atoms with van der Waals surface area (Å²) >= 11 is 0. The molecule has 1 aliphatic rings. The van der Waals surface area contributed by atoms with Crippen LogP contribution in [0.5, 0.6) is 5.75 Å². The van der Waals surface area contributed by atoms with Gasteiger partial charge < -0.3 is 15.8 Å². The van der Waals surface area contributed by atoms with Gasteiger partial charge >= 0.3 is 0 Å². The number of nitrogens with zero attached hydrogens (tertiary/aromatic N) is 3. The molecule has 7 heteroatoms. The summed E-state index contributed by atoms with van der Waals surface area (Å²) in [7, 11) is 0. The van der Waals surface area contributed by atoms with Crippen LogP contribution in [0.15, 0.2) is 30.7 Å². The maximum Gasteiger partial charge on any atom is 0.220 e. The number of nitrogens with one attached hydrogen (secondary N) is 2. The van der Waals surface area contributed by atoms with Gasteiger partial charge in [-0.2, -0.15) is 5.10 Å². The molecule has 3 heterocycles. The summed E-state index contributed by atoms with van der Waals surface area (Å²) in [5.41, 5.74) is 8.52. The third kappa shape index (κ3) is 2.83. The largest absolute Gasteiger partial charge is 0.488 e. The van der Waals surface area contributed by atoms with E-state index in [-0.39, 0.29) is 12.1 Å². The van der Waals surface area contributed by atoms with Gasteiger partial charge in [0.15, 0.2) is 0 Å². The van der Waals surface area contributed by atoms with Crippen LogP contribution in [0.1, 0.15) is 12.8 Å². The van der Waals surface area contributed by atoms with E-state index in [0.717, 1.165) is 53.7 Å². The van der Waals surface area contributed by atoms with E-state index in [0.29, 0.717) is 0 Å². The van der Waals surface area contributed by atoms with Crippen molar-refractivity contribution >= 4 is 16.9 Å². The maximum atomic E-state index is 6.25. The number of aromatic nitrogens is 4. The van der Waals surface area contributed by atoms with E-state index >= 15 is 0 Å². The van der Waals surface area contributed by atoms with E-state index in [1.54, 1.807) is 12.4 Å². The standard InChI is InChI=1S/C16H18N6O/c17-16-19-7-11-5-10(12-8-20-21-9-12)6-14(15(11)22-16)23-13-1-3-18-4-2-13/h5-9,13,18H,1-4H2,(H,20,21)(H2,17,19,22). The summed E-state index contributed by atoms with van der Waals surface area (Å²) in [5.74, 6) is 1.00. The normalized spacial score (nSPS) is 15.8. The molecule has 1 aliphatic heterocycles. The van der Waals surface area contributed by atoms with Crippen LogP contribution in [0.25, 0.3) is 22.0 Å². The molecule has 2 aromatic heterocycles. The number of ether oxygens (including phenoxy) is 1. The Labute approximate surface area is 133 Å². The minimum absolute atomic E-state index is 0.190. The summed E-state index contributed by atoms with van der Waals surface area (Å²) in [5, 5.41) is 11.1. The lowest BCUT2D eigenvalue weighted by Crippen LogP contribution is -2.34. The lowest BCUT2D eigenvalue weighted by molar-refractivity contribution is 0.164. The predicted octanol–water partition coefficient (Wildman–Crippen LogP) is 1.73. The first-order valence-corrected chi connectivity index (χ1v) is 7.72. The number of benzene rings is 1. The van der Waals surface area contributed by atoms with Crippen molar-refractivity contribution in [3.05, 3.63) is 30.7 Å². The Morgan fingerprint density at radius 3 is 2.78 bits per heavy atom. The second-order valence-corrected chi connectivity index (χ2v) is 5.69. The van der Waals surface area contributed by atoms with Crippen LogP contribution >= 0.6 is 0 Å². The van der Waals surface area contributed by atoms with E-state index in [9.17, 15) is 0 Å². The fourth-order valence-electron chi connectivity index (χ4n) is 2.88. The van der Waals surface area contributed by atoms with Crippen LogP contribution in [0.4, 0.5) is 5.95 Å². The van der Waals surface area contributed by atoms with E-state index in [2.05, 4.69) is 25.5 Å². The number of anilines is 1. The van der Waals surface area contributed by atoms with Gasteiger partial charge in [0.1, 0.15) is 17.4 Å². The van der Waals surface area contributed by atoms with E-state index < -0.39 is 0 Å². The molecular formula is C16H18N6O. The first-order chi connectivity index (χ1) is 11.3. The molecule has 4 N–H and O–H groups in total. The molecule has 0 aliphatic carbocycles. The summed E-state index contributed by atoms with van der Waals surface area (Å²) in [6.07, 6.45) is 7.53. The molecule has 3 aromatic rings. The highest BCUT2D eigenvalue weighted by Gasteiger charge is 2.17. The Morgan fingerprint density at radius 2 is 2.00 bits per heavy atom. The highest BCUT2D eigenvalue weighted by Crippen LogP contribution is 2.32. The summed E-state index contributed by atoms with van der Waals surface area (Å²) in [4.78, 5) is 8.46. The molecule has 0 atom stereocenters. The third-order valence-electron chi connectivity index (χ3n) is 4.08. The average molecular weight is 310 g/mol. The molecule has 4 rings (SSSR count). The molecule has 1 aromatic carbocycles. The number of nitrogen functional groups attached to an aromatic ring is 1. The highest BCUT2D eigenvalue weighted by molar-refractivity contribution is 5.89. The molecule has 0 spiro atoms. The smallest absolute Gasteiger partial charge is 0.220 e. The van der Waals surface area contributed by atoms with Crippen molar-refractivity contribution in [1.29, 1.82) is 0 Å². The van der Waals surface area contributed by atoms with Crippen molar-refractivity contribution in [2.75, 3.05) is 18.8 Å². The van der Waals surface area contributed by atoms with Crippen LogP contribution < -0.4 is 15.8 Å². The zero-order valence-electron chi connectivity index (χ0n) is 12.6. The fourth-order valence-corrected chi connectivity index (χ4v) is 2.88. The Kier molecular flexibility index (Phi) is 3.55. The monoisotopic (exact) mass is 310 g/mol. The zero-order chi connectivity index (χ0) is 15.6. The van der Waals surface area contributed by atoms with Crippen molar-refractivity contribution in [2.45, 2.75) is 18.9 Å². The minimum atomic E-state index is 0.190. The fraction of sp³-hybridized carbons (Fsp3) is 0.312. The van der Waals surface area contributed by atoms with Gasteiger partial charge in [0.05, 0.1) is 6.20 Å². The maximum absolute atomic E-state index is 6.25. The summed E-state index contributed by atoms with van der Waals surface area (Å²) in [6, 6.07) is 4.02. The van der Waals surface area contributed by atoms with E-state index in [4.69, 9.17) is 10.5 Å². The van der Waals surface area contributed by atoms with Gasteiger partial charge in [0, 0.05) is 23.3 Å². The molecular weight excluding hydrogens is 292 g/mol. The Morgan fingerprint density at radius 1 is 1.13 bits per heavy atom. The number of rotatable bonds is 3. The number of fused-ring (bicyclic) bond motifs is 1. The lowest BCUT2D eigenvalue weighted by Gasteiger charge is -2.24. The van der Waals surface area contributed by atoms with Crippen LogP contribution in [0.2, 0.25) is 0 Å². The SMILES string of the molecule is Nc1ncc2cc(-c3cn[nH]c3)cc(OC3CCNCC3)c2n1. The van der Waals surface area contributed by atoms with Crippen LogP contribution in [-0.2, 0) is 0 Å². The molecule has 7 nitrogen and oxygen atoms in total. The molecule has 23 heavy (non-hydrogen) atoms. The first kappa shape index (κ1) is 14.0. The second kappa shape index (κ2) is 5.85. The van der Waals surface area contributed by atoms with Crippen LogP contribution in [-0.4, -0.2) is 39.4 Å². The predicted molar refractivity (Wildman–Crippen MR) is 88.1 cm³/mol. The quantitative estimate of drug-likeness (QED) is 0.681. The summed E-state index contributed by atoms with van der Waals surface area (Å²) in [6.45, 7) is 1.95. The number of nitrogens with two attached hydrogens (primary N) is 1. The summed E-state index contributed by atoms with van der Waals surface area (Å²) < 4.78 is 6.25.